The van der Waals surface area contributed by atoms with E-state index in [4.69, 9.17) is 9.47 Å². The molecule has 1 aliphatic rings. The highest BCUT2D eigenvalue weighted by atomic mass is 16.6. The van der Waals surface area contributed by atoms with Gasteiger partial charge in [-0.15, -0.1) is 6.58 Å². The lowest BCUT2D eigenvalue weighted by Gasteiger charge is -2.20. The summed E-state index contributed by atoms with van der Waals surface area (Å²) in [5.74, 6) is -0.363. The van der Waals surface area contributed by atoms with Gasteiger partial charge >= 0.3 is 5.97 Å². The Bertz CT molecular complexity index is 333. The van der Waals surface area contributed by atoms with Gasteiger partial charge in [-0.3, -0.25) is 4.79 Å². The van der Waals surface area contributed by atoms with Gasteiger partial charge in [0.15, 0.2) is 0 Å². The molecule has 1 heterocycles. The van der Waals surface area contributed by atoms with Crippen molar-refractivity contribution < 1.29 is 29.6 Å². The van der Waals surface area contributed by atoms with Gasteiger partial charge in [-0.25, -0.2) is 0 Å². The first-order valence-corrected chi connectivity index (χ1v) is 7.98. The highest BCUT2D eigenvalue weighted by molar-refractivity contribution is 5.69. The lowest BCUT2D eigenvalue weighted by molar-refractivity contribution is -0.151. The smallest absolute Gasteiger partial charge is 0.305 e. The van der Waals surface area contributed by atoms with Crippen molar-refractivity contribution in [2.75, 3.05) is 13.2 Å². The SMILES string of the molecule is C=CCCCCCCCC(=O)OCC(O)C1OCC(O)C1O. The Balaban J connectivity index is 2.04. The molecule has 0 aromatic carbocycles. The third-order valence-electron chi connectivity index (χ3n) is 3.77. The van der Waals surface area contributed by atoms with Gasteiger partial charge in [0.25, 0.3) is 0 Å². The molecule has 0 aromatic heterocycles. The zero-order valence-corrected chi connectivity index (χ0v) is 13.0. The van der Waals surface area contributed by atoms with Crippen LogP contribution in [0.2, 0.25) is 0 Å². The number of aliphatic hydroxyl groups is 3. The zero-order valence-electron chi connectivity index (χ0n) is 13.0. The van der Waals surface area contributed by atoms with E-state index < -0.39 is 24.4 Å². The third kappa shape index (κ3) is 6.87. The molecule has 3 N–H and O–H groups in total. The average molecular weight is 316 g/mol. The quantitative estimate of drug-likeness (QED) is 0.298. The number of unbranched alkanes of at least 4 members (excludes halogenated alkanes) is 5. The Hall–Kier alpha value is -0.950. The Morgan fingerprint density at radius 2 is 1.95 bits per heavy atom. The van der Waals surface area contributed by atoms with E-state index in [0.29, 0.717) is 6.42 Å². The molecule has 0 bridgehead atoms. The number of ether oxygens (including phenoxy) is 2. The van der Waals surface area contributed by atoms with Gasteiger partial charge in [0.1, 0.15) is 31.0 Å². The van der Waals surface area contributed by atoms with Crippen LogP contribution in [0, 0.1) is 0 Å². The maximum atomic E-state index is 11.5. The van der Waals surface area contributed by atoms with Crippen molar-refractivity contribution >= 4 is 5.97 Å². The summed E-state index contributed by atoms with van der Waals surface area (Å²) in [7, 11) is 0. The van der Waals surface area contributed by atoms with Crippen molar-refractivity contribution in [3.8, 4) is 0 Å². The maximum Gasteiger partial charge on any atom is 0.305 e. The minimum Gasteiger partial charge on any atom is -0.463 e. The number of hydrogen-bond donors (Lipinski definition) is 3. The predicted molar refractivity (Wildman–Crippen MR) is 81.2 cm³/mol. The second-order valence-corrected chi connectivity index (χ2v) is 5.70. The van der Waals surface area contributed by atoms with Crippen LogP contribution in [-0.2, 0) is 14.3 Å². The van der Waals surface area contributed by atoms with Crippen molar-refractivity contribution in [1.29, 1.82) is 0 Å². The highest BCUT2D eigenvalue weighted by Gasteiger charge is 2.39. The van der Waals surface area contributed by atoms with Gasteiger partial charge in [-0.05, 0) is 19.3 Å². The number of rotatable bonds is 11. The van der Waals surface area contributed by atoms with E-state index in [1.54, 1.807) is 0 Å². The van der Waals surface area contributed by atoms with Crippen LogP contribution in [0.3, 0.4) is 0 Å². The van der Waals surface area contributed by atoms with Crippen LogP contribution in [-0.4, -0.2) is 58.9 Å². The minimum absolute atomic E-state index is 0.0251. The van der Waals surface area contributed by atoms with E-state index >= 15 is 0 Å². The van der Waals surface area contributed by atoms with Crippen LogP contribution < -0.4 is 0 Å². The minimum atomic E-state index is -1.15. The number of esters is 1. The molecule has 4 atom stereocenters. The molecule has 6 nitrogen and oxygen atoms in total. The fourth-order valence-corrected chi connectivity index (χ4v) is 2.40. The summed E-state index contributed by atoms with van der Waals surface area (Å²) in [4.78, 5) is 11.5. The summed E-state index contributed by atoms with van der Waals surface area (Å²) in [6.45, 7) is 3.42. The van der Waals surface area contributed by atoms with Crippen LogP contribution in [0.15, 0.2) is 12.7 Å². The Kier molecular flexibility index (Phi) is 9.31. The van der Waals surface area contributed by atoms with Gasteiger partial charge in [0.05, 0.1) is 6.61 Å². The van der Waals surface area contributed by atoms with Crippen LogP contribution in [0.25, 0.3) is 0 Å². The number of allylic oxidation sites excluding steroid dienone is 1. The molecular formula is C16H28O6. The first-order valence-electron chi connectivity index (χ1n) is 7.98. The zero-order chi connectivity index (χ0) is 16.4. The molecule has 1 aliphatic heterocycles. The molecule has 4 unspecified atom stereocenters. The average Bonchev–Trinajstić information content (AvgIpc) is 2.84. The normalized spacial score (nSPS) is 25.9. The molecule has 1 rings (SSSR count). The fourth-order valence-electron chi connectivity index (χ4n) is 2.40. The van der Waals surface area contributed by atoms with Crippen molar-refractivity contribution in [1.82, 2.24) is 0 Å². The van der Waals surface area contributed by atoms with Crippen molar-refractivity contribution in [3.05, 3.63) is 12.7 Å². The first-order chi connectivity index (χ1) is 10.6. The second kappa shape index (κ2) is 10.7. The summed E-state index contributed by atoms with van der Waals surface area (Å²) in [5, 5.41) is 28.7. The first kappa shape index (κ1) is 19.1. The number of hydrogen-bond acceptors (Lipinski definition) is 6. The van der Waals surface area contributed by atoms with E-state index in [9.17, 15) is 20.1 Å². The summed E-state index contributed by atoms with van der Waals surface area (Å²) in [6, 6.07) is 0. The summed E-state index contributed by atoms with van der Waals surface area (Å²) in [6.07, 6.45) is 4.18. The maximum absolute atomic E-state index is 11.5. The van der Waals surface area contributed by atoms with E-state index in [0.717, 1.165) is 38.5 Å². The number of aliphatic hydroxyl groups excluding tert-OH is 3. The molecule has 0 spiro atoms. The summed E-state index contributed by atoms with van der Waals surface area (Å²) in [5.41, 5.74) is 0. The molecule has 0 aliphatic carbocycles. The Labute approximate surface area is 131 Å². The van der Waals surface area contributed by atoms with E-state index in [1.165, 1.54) is 0 Å². The topological polar surface area (TPSA) is 96.2 Å². The highest BCUT2D eigenvalue weighted by Crippen LogP contribution is 2.18. The van der Waals surface area contributed by atoms with E-state index in [-0.39, 0.29) is 19.2 Å². The van der Waals surface area contributed by atoms with Crippen LogP contribution in [0.4, 0.5) is 0 Å². The molecule has 0 aromatic rings. The van der Waals surface area contributed by atoms with Crippen LogP contribution in [0.1, 0.15) is 44.9 Å². The fraction of sp³-hybridized carbons (Fsp3) is 0.812. The molecule has 0 amide bonds. The van der Waals surface area contributed by atoms with Crippen molar-refractivity contribution in [2.45, 2.75) is 69.4 Å². The molecule has 6 heteroatoms. The van der Waals surface area contributed by atoms with Gasteiger partial charge in [-0.1, -0.05) is 25.3 Å². The molecule has 0 radical (unpaired) electrons. The van der Waals surface area contributed by atoms with Crippen LogP contribution >= 0.6 is 0 Å². The van der Waals surface area contributed by atoms with Crippen molar-refractivity contribution in [2.24, 2.45) is 0 Å². The summed E-state index contributed by atoms with van der Waals surface area (Å²) >= 11 is 0. The molecule has 1 fully saturated rings. The standard InChI is InChI=1S/C16H28O6/c1-2-3-4-5-6-7-8-9-14(19)21-11-13(18)16-15(20)12(17)10-22-16/h2,12-13,15-18,20H,1,3-11H2. The lowest BCUT2D eigenvalue weighted by Crippen LogP contribution is -2.41. The second-order valence-electron chi connectivity index (χ2n) is 5.70. The summed E-state index contributed by atoms with van der Waals surface area (Å²) < 4.78 is 10.0. The van der Waals surface area contributed by atoms with Crippen LogP contribution in [0.5, 0.6) is 0 Å². The van der Waals surface area contributed by atoms with Gasteiger partial charge in [0.2, 0.25) is 0 Å². The molecular weight excluding hydrogens is 288 g/mol. The van der Waals surface area contributed by atoms with Crippen molar-refractivity contribution in [3.63, 3.8) is 0 Å². The molecule has 0 saturated carbocycles. The predicted octanol–water partition coefficient (Wildman–Crippen LogP) is 0.928. The van der Waals surface area contributed by atoms with Gasteiger partial charge in [-0.2, -0.15) is 0 Å². The van der Waals surface area contributed by atoms with Gasteiger partial charge < -0.3 is 24.8 Å². The Morgan fingerprint density at radius 1 is 1.27 bits per heavy atom. The van der Waals surface area contributed by atoms with E-state index in [1.807, 2.05) is 6.08 Å². The number of carbonyl (C=O) groups is 1. The van der Waals surface area contributed by atoms with E-state index in [2.05, 4.69) is 6.58 Å². The largest absolute Gasteiger partial charge is 0.463 e. The molecule has 128 valence electrons. The lowest BCUT2D eigenvalue weighted by atomic mass is 10.1. The molecule has 22 heavy (non-hydrogen) atoms. The third-order valence-corrected chi connectivity index (χ3v) is 3.77. The Morgan fingerprint density at radius 3 is 2.59 bits per heavy atom. The van der Waals surface area contributed by atoms with Gasteiger partial charge in [0, 0.05) is 6.42 Å². The number of carbonyl (C=O) groups excluding carboxylic acids is 1. The molecule has 1 saturated heterocycles. The monoisotopic (exact) mass is 316 g/mol.